The zero-order valence-corrected chi connectivity index (χ0v) is 14.5. The Morgan fingerprint density at radius 3 is 2.68 bits per heavy atom. The second kappa shape index (κ2) is 7.76. The standard InChI is InChI=1S/C18H17N3O3S/c1-13-7-5-6-10-15(13)23-12-17-20-21(18(25)24-17)11-16(22)19-14-8-3-2-4-9-14/h2-10H,11-12H2,1H3,(H,19,22). The molecule has 1 amide bonds. The number of carbonyl (C=O) groups excluding carboxylic acids is 1. The number of nitrogens with one attached hydrogen (secondary N) is 1. The Bertz CT molecular complexity index is 919. The largest absolute Gasteiger partial charge is 0.484 e. The third kappa shape index (κ3) is 4.54. The summed E-state index contributed by atoms with van der Waals surface area (Å²) in [4.78, 5) is 12.2. The summed E-state index contributed by atoms with van der Waals surface area (Å²) < 4.78 is 12.4. The number of ether oxygens (including phenoxy) is 1. The first-order valence-electron chi connectivity index (χ1n) is 7.72. The SMILES string of the molecule is Cc1ccccc1OCc1nn(CC(=O)Nc2ccccc2)c(=S)o1. The summed E-state index contributed by atoms with van der Waals surface area (Å²) in [7, 11) is 0. The van der Waals surface area contributed by atoms with Crippen LogP contribution in [0.1, 0.15) is 11.5 Å². The third-order valence-corrected chi connectivity index (χ3v) is 3.74. The van der Waals surface area contributed by atoms with Crippen molar-refractivity contribution in [3.63, 3.8) is 0 Å². The molecule has 1 N–H and O–H groups in total. The molecule has 3 aromatic rings. The number of nitrogens with zero attached hydrogens (tertiary/aromatic N) is 2. The molecule has 0 saturated heterocycles. The van der Waals surface area contributed by atoms with Gasteiger partial charge in [-0.3, -0.25) is 4.79 Å². The van der Waals surface area contributed by atoms with Gasteiger partial charge in [0.05, 0.1) is 0 Å². The van der Waals surface area contributed by atoms with Gasteiger partial charge in [0.15, 0.2) is 6.61 Å². The van der Waals surface area contributed by atoms with E-state index >= 15 is 0 Å². The molecule has 0 unspecified atom stereocenters. The molecule has 2 aromatic carbocycles. The second-order valence-corrected chi connectivity index (χ2v) is 5.74. The highest BCUT2D eigenvalue weighted by molar-refractivity contribution is 7.71. The zero-order chi connectivity index (χ0) is 17.6. The van der Waals surface area contributed by atoms with Crippen molar-refractivity contribution >= 4 is 23.8 Å². The summed E-state index contributed by atoms with van der Waals surface area (Å²) in [5.74, 6) is 0.836. The average molecular weight is 355 g/mol. The fourth-order valence-corrected chi connectivity index (χ4v) is 2.43. The van der Waals surface area contributed by atoms with E-state index in [0.717, 1.165) is 11.3 Å². The first kappa shape index (κ1) is 16.9. The lowest BCUT2D eigenvalue weighted by atomic mass is 10.2. The van der Waals surface area contributed by atoms with Crippen LogP contribution in [0.15, 0.2) is 59.0 Å². The summed E-state index contributed by atoms with van der Waals surface area (Å²) in [6.45, 7) is 2.07. The molecule has 0 atom stereocenters. The maximum absolute atomic E-state index is 12.1. The molecule has 0 aliphatic carbocycles. The molecule has 1 aromatic heterocycles. The van der Waals surface area contributed by atoms with Crippen LogP contribution in [0.3, 0.4) is 0 Å². The van der Waals surface area contributed by atoms with Crippen LogP contribution in [0.25, 0.3) is 0 Å². The molecule has 0 saturated carbocycles. The number of anilines is 1. The van der Waals surface area contributed by atoms with Gasteiger partial charge in [-0.25, -0.2) is 4.68 Å². The highest BCUT2D eigenvalue weighted by Gasteiger charge is 2.11. The molecule has 7 heteroatoms. The van der Waals surface area contributed by atoms with Gasteiger partial charge in [0, 0.05) is 5.69 Å². The predicted octanol–water partition coefficient (Wildman–Crippen LogP) is 3.73. The van der Waals surface area contributed by atoms with Crippen molar-refractivity contribution in [2.75, 3.05) is 5.32 Å². The van der Waals surface area contributed by atoms with Crippen molar-refractivity contribution < 1.29 is 13.9 Å². The van der Waals surface area contributed by atoms with Crippen molar-refractivity contribution in [3.05, 3.63) is 70.9 Å². The summed E-state index contributed by atoms with van der Waals surface area (Å²) in [5.41, 5.74) is 1.73. The lowest BCUT2D eigenvalue weighted by molar-refractivity contribution is -0.117. The molecule has 0 aliphatic heterocycles. The maximum Gasteiger partial charge on any atom is 0.287 e. The minimum absolute atomic E-state index is 0.0262. The Kier molecular flexibility index (Phi) is 5.25. The van der Waals surface area contributed by atoms with Crippen LogP contribution in [-0.2, 0) is 17.9 Å². The molecule has 0 spiro atoms. The van der Waals surface area contributed by atoms with Gasteiger partial charge in [-0.2, -0.15) is 0 Å². The minimum atomic E-state index is -0.234. The summed E-state index contributed by atoms with van der Waals surface area (Å²) >= 11 is 5.11. The smallest absolute Gasteiger partial charge is 0.287 e. The molecular weight excluding hydrogens is 338 g/mol. The van der Waals surface area contributed by atoms with Crippen LogP contribution in [0.4, 0.5) is 5.69 Å². The van der Waals surface area contributed by atoms with Gasteiger partial charge in [0.1, 0.15) is 12.3 Å². The summed E-state index contributed by atoms with van der Waals surface area (Å²) in [6.07, 6.45) is 0. The van der Waals surface area contributed by atoms with Gasteiger partial charge in [-0.1, -0.05) is 36.4 Å². The molecule has 128 valence electrons. The van der Waals surface area contributed by atoms with Gasteiger partial charge in [-0.05, 0) is 42.9 Å². The van der Waals surface area contributed by atoms with Crippen molar-refractivity contribution in [1.29, 1.82) is 0 Å². The highest BCUT2D eigenvalue weighted by Crippen LogP contribution is 2.17. The van der Waals surface area contributed by atoms with E-state index in [1.165, 1.54) is 4.68 Å². The number of benzene rings is 2. The Labute approximate surface area is 150 Å². The van der Waals surface area contributed by atoms with E-state index in [-0.39, 0.29) is 23.9 Å². The molecular formula is C18H17N3O3S. The lowest BCUT2D eigenvalue weighted by Gasteiger charge is -2.06. The Balaban J connectivity index is 1.61. The van der Waals surface area contributed by atoms with Crippen LogP contribution in [-0.4, -0.2) is 15.7 Å². The van der Waals surface area contributed by atoms with Gasteiger partial charge in [-0.15, -0.1) is 5.10 Å². The molecule has 0 radical (unpaired) electrons. The van der Waals surface area contributed by atoms with Crippen LogP contribution >= 0.6 is 12.2 Å². The topological polar surface area (TPSA) is 69.3 Å². The molecule has 1 heterocycles. The molecule has 0 bridgehead atoms. The van der Waals surface area contributed by atoms with Gasteiger partial charge < -0.3 is 14.5 Å². The molecule has 0 aliphatic rings. The lowest BCUT2D eigenvalue weighted by Crippen LogP contribution is -2.19. The number of hydrogen-bond acceptors (Lipinski definition) is 5. The minimum Gasteiger partial charge on any atom is -0.484 e. The number of aromatic nitrogens is 2. The number of para-hydroxylation sites is 2. The van der Waals surface area contributed by atoms with E-state index in [1.807, 2.05) is 49.4 Å². The highest BCUT2D eigenvalue weighted by atomic mass is 32.1. The molecule has 3 rings (SSSR count). The van der Waals surface area contributed by atoms with E-state index < -0.39 is 0 Å². The average Bonchev–Trinajstić information content (AvgIpc) is 2.94. The van der Waals surface area contributed by atoms with Crippen LogP contribution in [0.5, 0.6) is 5.75 Å². The van der Waals surface area contributed by atoms with Crippen molar-refractivity contribution in [2.24, 2.45) is 0 Å². The monoisotopic (exact) mass is 355 g/mol. The Morgan fingerprint density at radius 2 is 1.92 bits per heavy atom. The number of hydrogen-bond donors (Lipinski definition) is 1. The zero-order valence-electron chi connectivity index (χ0n) is 13.6. The van der Waals surface area contributed by atoms with E-state index in [2.05, 4.69) is 10.4 Å². The van der Waals surface area contributed by atoms with Crippen molar-refractivity contribution in [1.82, 2.24) is 9.78 Å². The van der Waals surface area contributed by atoms with Gasteiger partial charge in [0.25, 0.3) is 10.7 Å². The first-order valence-corrected chi connectivity index (χ1v) is 8.13. The summed E-state index contributed by atoms with van der Waals surface area (Å²) in [5, 5.41) is 6.97. The van der Waals surface area contributed by atoms with Crippen LogP contribution < -0.4 is 10.1 Å². The van der Waals surface area contributed by atoms with Crippen LogP contribution in [0.2, 0.25) is 0 Å². The van der Waals surface area contributed by atoms with E-state index in [1.54, 1.807) is 12.1 Å². The summed E-state index contributed by atoms with van der Waals surface area (Å²) in [6, 6.07) is 16.8. The molecule has 0 fully saturated rings. The van der Waals surface area contributed by atoms with E-state index in [0.29, 0.717) is 11.6 Å². The van der Waals surface area contributed by atoms with Crippen LogP contribution in [0, 0.1) is 11.8 Å². The van der Waals surface area contributed by atoms with E-state index in [4.69, 9.17) is 21.4 Å². The first-order chi connectivity index (χ1) is 12.1. The second-order valence-electron chi connectivity index (χ2n) is 5.39. The van der Waals surface area contributed by atoms with Gasteiger partial charge >= 0.3 is 0 Å². The predicted molar refractivity (Wildman–Crippen MR) is 95.9 cm³/mol. The quantitative estimate of drug-likeness (QED) is 0.682. The third-order valence-electron chi connectivity index (χ3n) is 3.44. The van der Waals surface area contributed by atoms with E-state index in [9.17, 15) is 4.79 Å². The molecule has 6 nitrogen and oxygen atoms in total. The number of carbonyl (C=O) groups is 1. The fraction of sp³-hybridized carbons (Fsp3) is 0.167. The molecule has 25 heavy (non-hydrogen) atoms. The number of amides is 1. The number of rotatable bonds is 6. The van der Waals surface area contributed by atoms with Gasteiger partial charge in [0.2, 0.25) is 5.91 Å². The Morgan fingerprint density at radius 1 is 1.20 bits per heavy atom. The number of aryl methyl sites for hydroxylation is 1. The van der Waals surface area contributed by atoms with Crippen molar-refractivity contribution in [3.8, 4) is 5.75 Å². The Hall–Kier alpha value is -2.93. The maximum atomic E-state index is 12.1. The normalized spacial score (nSPS) is 10.4. The fourth-order valence-electron chi connectivity index (χ4n) is 2.22. The van der Waals surface area contributed by atoms with Crippen molar-refractivity contribution in [2.45, 2.75) is 20.1 Å².